The van der Waals surface area contributed by atoms with E-state index in [1.807, 2.05) is 17.3 Å². The molecule has 0 radical (unpaired) electrons. The van der Waals surface area contributed by atoms with Crippen LogP contribution in [0.25, 0.3) is 33.6 Å². The zero-order valence-corrected chi connectivity index (χ0v) is 24.1. The van der Waals surface area contributed by atoms with Gasteiger partial charge < -0.3 is 30.2 Å². The Hall–Kier alpha value is -4.09. The number of carbonyl (C=O) groups is 2. The van der Waals surface area contributed by atoms with Crippen molar-refractivity contribution in [3.63, 3.8) is 0 Å². The lowest BCUT2D eigenvalue weighted by Gasteiger charge is -2.36. The van der Waals surface area contributed by atoms with Crippen molar-refractivity contribution in [3.05, 3.63) is 72.6 Å². The Morgan fingerprint density at radius 3 is 2.14 bits per heavy atom. The van der Waals surface area contributed by atoms with Crippen LogP contribution in [0.1, 0.15) is 49.4 Å². The predicted molar refractivity (Wildman–Crippen MR) is 161 cm³/mol. The summed E-state index contributed by atoms with van der Waals surface area (Å²) in [6, 6.07) is 16.5. The van der Waals surface area contributed by atoms with E-state index in [2.05, 4.69) is 79.1 Å². The van der Waals surface area contributed by atoms with Crippen molar-refractivity contribution in [1.29, 1.82) is 0 Å². The van der Waals surface area contributed by atoms with Gasteiger partial charge in [-0.25, -0.2) is 14.8 Å². The molecule has 3 aliphatic rings. The molecule has 3 fully saturated rings. The monoisotopic (exact) mass is 583 g/mol. The van der Waals surface area contributed by atoms with Crippen LogP contribution < -0.4 is 10.6 Å². The summed E-state index contributed by atoms with van der Waals surface area (Å²) in [5.41, 5.74) is 6.34. The van der Waals surface area contributed by atoms with E-state index in [4.69, 9.17) is 4.74 Å². The van der Waals surface area contributed by atoms with Crippen LogP contribution in [0.2, 0.25) is 0 Å². The molecule has 0 bridgehead atoms. The number of thioether (sulfide) groups is 1. The molecular weight excluding hydrogens is 550 g/mol. The molecular formula is C31H33N7O3S. The van der Waals surface area contributed by atoms with Gasteiger partial charge in [0.25, 0.3) is 0 Å². The smallest absolute Gasteiger partial charge is 0.407 e. The highest BCUT2D eigenvalue weighted by atomic mass is 32.2. The average molecular weight is 584 g/mol. The lowest BCUT2D eigenvalue weighted by Crippen LogP contribution is -2.54. The second-order valence-electron chi connectivity index (χ2n) is 11.0. The molecule has 2 aromatic carbocycles. The highest BCUT2D eigenvalue weighted by Crippen LogP contribution is 2.43. The number of nitrogens with zero attached hydrogens (tertiary/aromatic N) is 3. The highest BCUT2D eigenvalue weighted by molar-refractivity contribution is 8.00. The number of aromatic amines is 2. The summed E-state index contributed by atoms with van der Waals surface area (Å²) in [6.45, 7) is 1.05. The number of imidazole rings is 2. The van der Waals surface area contributed by atoms with Crippen LogP contribution in [0.15, 0.2) is 60.9 Å². The first-order chi connectivity index (χ1) is 20.6. The maximum Gasteiger partial charge on any atom is 0.407 e. The molecule has 1 unspecified atom stereocenters. The van der Waals surface area contributed by atoms with Gasteiger partial charge in [-0.1, -0.05) is 48.5 Å². The number of methoxy groups -OCH3 is 1. The maximum atomic E-state index is 13.2. The molecule has 216 valence electrons. The number of alkyl carbamates (subject to hydrolysis) is 1. The Balaban J connectivity index is 1.03. The lowest BCUT2D eigenvalue weighted by molar-refractivity contribution is -0.138. The molecule has 5 heterocycles. The number of piperidine rings is 1. The Kier molecular flexibility index (Phi) is 7.20. The van der Waals surface area contributed by atoms with Gasteiger partial charge in [0.15, 0.2) is 0 Å². The molecule has 0 aliphatic carbocycles. The first-order valence-corrected chi connectivity index (χ1v) is 15.4. The average Bonchev–Trinajstić information content (AvgIpc) is 3.85. The fourth-order valence-corrected chi connectivity index (χ4v) is 7.59. The van der Waals surface area contributed by atoms with Gasteiger partial charge in [-0.05, 0) is 54.5 Å². The van der Waals surface area contributed by atoms with Gasteiger partial charge in [0.2, 0.25) is 5.91 Å². The minimum absolute atomic E-state index is 0.0845. The number of amides is 2. The van der Waals surface area contributed by atoms with Gasteiger partial charge in [0, 0.05) is 5.75 Å². The lowest BCUT2D eigenvalue weighted by atomic mass is 10.0. The van der Waals surface area contributed by atoms with Crippen molar-refractivity contribution in [3.8, 4) is 33.6 Å². The summed E-state index contributed by atoms with van der Waals surface area (Å²) in [5, 5.41) is 6.26. The number of benzene rings is 2. The van der Waals surface area contributed by atoms with E-state index in [9.17, 15) is 9.59 Å². The van der Waals surface area contributed by atoms with Gasteiger partial charge >= 0.3 is 6.09 Å². The summed E-state index contributed by atoms with van der Waals surface area (Å²) in [7, 11) is 1.30. The number of carbonyl (C=O) groups excluding carboxylic acids is 2. The van der Waals surface area contributed by atoms with Crippen molar-refractivity contribution in [1.82, 2.24) is 35.5 Å². The van der Waals surface area contributed by atoms with E-state index in [0.717, 1.165) is 70.4 Å². The van der Waals surface area contributed by atoms with Crippen LogP contribution in [0.3, 0.4) is 0 Å². The molecule has 2 aromatic heterocycles. The Morgan fingerprint density at radius 1 is 0.905 bits per heavy atom. The van der Waals surface area contributed by atoms with Crippen molar-refractivity contribution in [2.45, 2.75) is 49.2 Å². The molecule has 4 atom stereocenters. The molecule has 2 amide bonds. The van der Waals surface area contributed by atoms with Crippen molar-refractivity contribution in [2.24, 2.45) is 0 Å². The number of aromatic nitrogens is 4. The summed E-state index contributed by atoms with van der Waals surface area (Å²) in [4.78, 5) is 43.0. The molecule has 0 saturated carbocycles. The molecule has 11 heteroatoms. The highest BCUT2D eigenvalue weighted by Gasteiger charge is 2.46. The predicted octanol–water partition coefficient (Wildman–Crippen LogP) is 5.02. The third-order valence-corrected chi connectivity index (χ3v) is 9.80. The van der Waals surface area contributed by atoms with E-state index >= 15 is 0 Å². The van der Waals surface area contributed by atoms with Crippen LogP contribution in [-0.2, 0) is 9.53 Å². The topological polar surface area (TPSA) is 128 Å². The van der Waals surface area contributed by atoms with Gasteiger partial charge in [-0.2, -0.15) is 0 Å². The molecule has 42 heavy (non-hydrogen) atoms. The zero-order chi connectivity index (χ0) is 28.6. The Morgan fingerprint density at radius 2 is 1.52 bits per heavy atom. The number of fused-ring (bicyclic) bond motifs is 1. The summed E-state index contributed by atoms with van der Waals surface area (Å²) >= 11 is 1.76. The van der Waals surface area contributed by atoms with E-state index in [1.54, 1.807) is 11.8 Å². The SMILES string of the molecule is COC(=O)N[C@H]1CCC2SC[C@@H](c3ncc(-c4ccc(-c5ccc(-c6cnc([C@@H]7CCCN7)[nH]6)cc5)cc4)[nH]3)N2C1=O. The quantitative estimate of drug-likeness (QED) is 0.251. The fourth-order valence-electron chi connectivity index (χ4n) is 6.16. The van der Waals surface area contributed by atoms with Crippen LogP contribution in [-0.4, -0.2) is 67.7 Å². The summed E-state index contributed by atoms with van der Waals surface area (Å²) in [5.74, 6) is 2.45. The number of H-pyrrole nitrogens is 2. The molecule has 7 rings (SSSR count). The van der Waals surface area contributed by atoms with Crippen LogP contribution in [0, 0.1) is 0 Å². The van der Waals surface area contributed by atoms with Gasteiger partial charge in [0.05, 0.1) is 48.3 Å². The van der Waals surface area contributed by atoms with Crippen LogP contribution >= 0.6 is 11.8 Å². The number of ether oxygens (including phenoxy) is 1. The standard InChI is InChI=1S/C31H33N7O3S/c1-41-31(40)37-23-12-13-27-38(30(23)39)26(17-42-27)29-34-16-25(36-29)21-10-6-19(7-11-21)18-4-8-20(9-5-18)24-15-33-28(35-24)22-3-2-14-32-22/h4-11,15-16,22-23,26-27,32H,2-3,12-14,17H2,1H3,(H,33,35)(H,34,36)(H,37,40)/t22-,23-,26-,27?/m0/s1. The minimum Gasteiger partial charge on any atom is -0.453 e. The molecule has 4 N–H and O–H groups in total. The van der Waals surface area contributed by atoms with Crippen LogP contribution in [0.4, 0.5) is 4.79 Å². The second kappa shape index (κ2) is 11.3. The van der Waals surface area contributed by atoms with Gasteiger partial charge in [0.1, 0.15) is 17.7 Å². The molecule has 3 aliphatic heterocycles. The third-order valence-electron chi connectivity index (χ3n) is 8.45. The number of rotatable bonds is 6. The van der Waals surface area contributed by atoms with Crippen molar-refractivity contribution in [2.75, 3.05) is 19.4 Å². The van der Waals surface area contributed by atoms with E-state index in [0.29, 0.717) is 12.5 Å². The molecule has 0 spiro atoms. The number of hydrogen-bond donors (Lipinski definition) is 4. The van der Waals surface area contributed by atoms with Gasteiger partial charge in [-0.3, -0.25) is 4.79 Å². The third kappa shape index (κ3) is 5.07. The van der Waals surface area contributed by atoms with E-state index in [-0.39, 0.29) is 17.3 Å². The largest absolute Gasteiger partial charge is 0.453 e. The number of hydrogen-bond acceptors (Lipinski definition) is 7. The van der Waals surface area contributed by atoms with Crippen molar-refractivity contribution < 1.29 is 14.3 Å². The van der Waals surface area contributed by atoms with Crippen LogP contribution in [0.5, 0.6) is 0 Å². The first kappa shape index (κ1) is 26.8. The molecule has 3 saturated heterocycles. The first-order valence-electron chi connectivity index (χ1n) is 14.4. The summed E-state index contributed by atoms with van der Waals surface area (Å²) in [6.07, 6.45) is 6.90. The Bertz CT molecular complexity index is 1580. The minimum atomic E-state index is -0.585. The number of nitrogens with one attached hydrogen (secondary N) is 4. The Labute approximate surface area is 248 Å². The maximum absolute atomic E-state index is 13.2. The zero-order valence-electron chi connectivity index (χ0n) is 23.3. The van der Waals surface area contributed by atoms with E-state index < -0.39 is 12.1 Å². The van der Waals surface area contributed by atoms with Gasteiger partial charge in [-0.15, -0.1) is 11.8 Å². The van der Waals surface area contributed by atoms with Crippen molar-refractivity contribution >= 4 is 23.8 Å². The second-order valence-corrected chi connectivity index (χ2v) is 12.2. The van der Waals surface area contributed by atoms with E-state index in [1.165, 1.54) is 13.5 Å². The molecule has 10 nitrogen and oxygen atoms in total. The fraction of sp³-hybridized carbons (Fsp3) is 0.355. The molecule has 4 aromatic rings. The summed E-state index contributed by atoms with van der Waals surface area (Å²) < 4.78 is 4.70. The normalized spacial score (nSPS) is 23.6.